The van der Waals surface area contributed by atoms with Crippen molar-refractivity contribution in [1.82, 2.24) is 26.2 Å². The number of Topliss-reactive ketones (excluding diaryl/α,β-unsaturated/α-hetero) is 1. The van der Waals surface area contributed by atoms with Crippen molar-refractivity contribution >= 4 is 29.4 Å². The molecule has 1 aromatic carbocycles. The van der Waals surface area contributed by atoms with E-state index in [0.29, 0.717) is 24.8 Å². The van der Waals surface area contributed by atoms with Crippen LogP contribution < -0.4 is 21.3 Å². The lowest BCUT2D eigenvalue weighted by molar-refractivity contribution is -0.141. The molecule has 4 atom stereocenters. The Hall–Kier alpha value is -3.27. The van der Waals surface area contributed by atoms with Crippen LogP contribution in [0.15, 0.2) is 30.3 Å². The first-order valence-electron chi connectivity index (χ1n) is 11.6. The van der Waals surface area contributed by atoms with E-state index in [-0.39, 0.29) is 23.9 Å². The Morgan fingerprint density at radius 2 is 1.74 bits per heavy atom. The van der Waals surface area contributed by atoms with Crippen molar-refractivity contribution in [2.45, 2.75) is 63.7 Å². The number of hydrogen-bond donors (Lipinski definition) is 4. The van der Waals surface area contributed by atoms with Gasteiger partial charge in [0.2, 0.25) is 23.5 Å². The smallest absolute Gasteiger partial charge is 0.290 e. The highest BCUT2D eigenvalue weighted by atomic mass is 16.2. The first-order chi connectivity index (χ1) is 16.1. The number of rotatable bonds is 11. The van der Waals surface area contributed by atoms with Crippen molar-refractivity contribution in [3.05, 3.63) is 35.9 Å². The second kappa shape index (κ2) is 12.8. The number of benzene rings is 1. The number of nitrogens with zero attached hydrogens (tertiary/aromatic N) is 1. The summed E-state index contributed by atoms with van der Waals surface area (Å²) in [5.74, 6) is -3.03. The fourth-order valence-corrected chi connectivity index (χ4v) is 3.77. The second-order valence-electron chi connectivity index (χ2n) is 8.74. The number of nitrogens with one attached hydrogen (secondary N) is 4. The lowest BCUT2D eigenvalue weighted by atomic mass is 10.1. The van der Waals surface area contributed by atoms with E-state index < -0.39 is 36.2 Å². The van der Waals surface area contributed by atoms with Crippen LogP contribution in [0.5, 0.6) is 0 Å². The molecule has 1 saturated heterocycles. The molecule has 0 aliphatic carbocycles. The van der Waals surface area contributed by atoms with Gasteiger partial charge in [-0.1, -0.05) is 43.7 Å². The Balaban J connectivity index is 1.94. The molecule has 34 heavy (non-hydrogen) atoms. The van der Waals surface area contributed by atoms with Crippen LogP contribution in [0.1, 0.15) is 51.1 Å². The van der Waals surface area contributed by atoms with Crippen LogP contribution >= 0.6 is 0 Å². The SMILES string of the molecule is CCCC(NC(=O)[C@@H]1CC[C@H](C)N1)C(=O)C(=O)NCC(=O)N[C@H](C(=O)N(C)C)c1ccccc1. The predicted molar refractivity (Wildman–Crippen MR) is 126 cm³/mol. The molecule has 2 rings (SSSR count). The molecule has 1 heterocycles. The zero-order chi connectivity index (χ0) is 25.3. The van der Waals surface area contributed by atoms with Crippen LogP contribution in [0.3, 0.4) is 0 Å². The third-order valence-electron chi connectivity index (χ3n) is 5.66. The molecule has 0 spiro atoms. The van der Waals surface area contributed by atoms with E-state index in [1.54, 1.807) is 44.4 Å². The first-order valence-corrected chi connectivity index (χ1v) is 11.6. The Morgan fingerprint density at radius 1 is 1.06 bits per heavy atom. The molecule has 10 nitrogen and oxygen atoms in total. The van der Waals surface area contributed by atoms with Gasteiger partial charge in [0.25, 0.3) is 5.91 Å². The molecule has 1 fully saturated rings. The predicted octanol–water partition coefficient (Wildman–Crippen LogP) is 0.0428. The van der Waals surface area contributed by atoms with Crippen LogP contribution in [-0.4, -0.2) is 73.1 Å². The maximum absolute atomic E-state index is 12.7. The molecule has 1 unspecified atom stereocenters. The van der Waals surface area contributed by atoms with E-state index in [1.165, 1.54) is 4.90 Å². The third kappa shape index (κ3) is 7.65. The fourth-order valence-electron chi connectivity index (χ4n) is 3.77. The van der Waals surface area contributed by atoms with Gasteiger partial charge >= 0.3 is 0 Å². The average Bonchev–Trinajstić information content (AvgIpc) is 3.26. The summed E-state index contributed by atoms with van der Waals surface area (Å²) in [5.41, 5.74) is 0.595. The number of carbonyl (C=O) groups excluding carboxylic acids is 5. The Bertz CT molecular complexity index is 889. The van der Waals surface area contributed by atoms with Crippen molar-refractivity contribution < 1.29 is 24.0 Å². The van der Waals surface area contributed by atoms with Gasteiger partial charge in [-0.3, -0.25) is 24.0 Å². The minimum atomic E-state index is -0.967. The summed E-state index contributed by atoms with van der Waals surface area (Å²) in [4.78, 5) is 64.0. The maximum atomic E-state index is 12.7. The van der Waals surface area contributed by atoms with Gasteiger partial charge in [0.15, 0.2) is 0 Å². The standard InChI is InChI=1S/C24H35N5O5/c1-5-9-17(27-22(32)18-13-12-15(2)26-18)21(31)23(33)25-14-19(30)28-20(24(34)29(3)4)16-10-7-6-8-11-16/h6-8,10-11,15,17-18,20,26H,5,9,12-14H2,1-4H3,(H,25,33)(H,27,32)(H,28,30)/t15-,17?,18-,20-/m0/s1. The van der Waals surface area contributed by atoms with Crippen molar-refractivity contribution in [1.29, 1.82) is 0 Å². The highest BCUT2D eigenvalue weighted by molar-refractivity contribution is 6.38. The van der Waals surface area contributed by atoms with E-state index in [1.807, 2.05) is 13.8 Å². The van der Waals surface area contributed by atoms with E-state index >= 15 is 0 Å². The first kappa shape index (κ1) is 27.0. The number of ketones is 1. The summed E-state index contributed by atoms with van der Waals surface area (Å²) in [6.45, 7) is 3.34. The number of likely N-dealkylation sites (N-methyl/N-ethyl adjacent to an activating group) is 1. The number of carbonyl (C=O) groups is 5. The van der Waals surface area contributed by atoms with Crippen LogP contribution in [-0.2, 0) is 24.0 Å². The van der Waals surface area contributed by atoms with Gasteiger partial charge in [0.05, 0.1) is 18.6 Å². The molecule has 4 N–H and O–H groups in total. The van der Waals surface area contributed by atoms with E-state index in [2.05, 4.69) is 21.3 Å². The Morgan fingerprint density at radius 3 is 2.29 bits per heavy atom. The van der Waals surface area contributed by atoms with E-state index in [0.717, 1.165) is 6.42 Å². The normalized spacial score (nSPS) is 18.9. The van der Waals surface area contributed by atoms with Crippen molar-refractivity contribution in [2.75, 3.05) is 20.6 Å². The zero-order valence-electron chi connectivity index (χ0n) is 20.2. The quantitative estimate of drug-likeness (QED) is 0.335. The topological polar surface area (TPSA) is 137 Å². The summed E-state index contributed by atoms with van der Waals surface area (Å²) in [6, 6.07) is 6.67. The number of hydrogen-bond acceptors (Lipinski definition) is 6. The molecular formula is C24H35N5O5. The van der Waals surface area contributed by atoms with Crippen LogP contribution in [0.25, 0.3) is 0 Å². The molecule has 1 aliphatic rings. The molecule has 0 aromatic heterocycles. The van der Waals surface area contributed by atoms with Crippen molar-refractivity contribution in [3.8, 4) is 0 Å². The molecule has 0 bridgehead atoms. The van der Waals surface area contributed by atoms with E-state index in [4.69, 9.17) is 0 Å². The third-order valence-corrected chi connectivity index (χ3v) is 5.66. The molecule has 10 heteroatoms. The van der Waals surface area contributed by atoms with Crippen molar-refractivity contribution in [2.24, 2.45) is 0 Å². The molecule has 1 aliphatic heterocycles. The summed E-state index contributed by atoms with van der Waals surface area (Å²) < 4.78 is 0. The van der Waals surface area contributed by atoms with Gasteiger partial charge in [-0.25, -0.2) is 0 Å². The molecule has 1 aromatic rings. The molecule has 4 amide bonds. The van der Waals surface area contributed by atoms with Gasteiger partial charge in [0.1, 0.15) is 6.04 Å². The minimum absolute atomic E-state index is 0.219. The van der Waals surface area contributed by atoms with Gasteiger partial charge in [-0.2, -0.15) is 0 Å². The summed E-state index contributed by atoms with van der Waals surface area (Å²) >= 11 is 0. The maximum Gasteiger partial charge on any atom is 0.290 e. The van der Waals surface area contributed by atoms with Gasteiger partial charge in [0, 0.05) is 20.1 Å². The van der Waals surface area contributed by atoms with Crippen LogP contribution in [0.4, 0.5) is 0 Å². The van der Waals surface area contributed by atoms with E-state index in [9.17, 15) is 24.0 Å². The average molecular weight is 474 g/mol. The lowest BCUT2D eigenvalue weighted by Crippen LogP contribution is -2.53. The highest BCUT2D eigenvalue weighted by Crippen LogP contribution is 2.15. The summed E-state index contributed by atoms with van der Waals surface area (Å²) in [6.07, 6.45) is 2.42. The van der Waals surface area contributed by atoms with Crippen LogP contribution in [0, 0.1) is 0 Å². The molecule has 186 valence electrons. The van der Waals surface area contributed by atoms with Gasteiger partial charge in [-0.05, 0) is 31.7 Å². The molecule has 0 radical (unpaired) electrons. The fraction of sp³-hybridized carbons (Fsp3) is 0.542. The van der Waals surface area contributed by atoms with Gasteiger partial charge in [-0.15, -0.1) is 0 Å². The summed E-state index contributed by atoms with van der Waals surface area (Å²) in [5, 5.41) is 10.7. The molecule has 0 saturated carbocycles. The van der Waals surface area contributed by atoms with Crippen molar-refractivity contribution in [3.63, 3.8) is 0 Å². The Kier molecular flexibility index (Phi) is 10.2. The minimum Gasteiger partial charge on any atom is -0.347 e. The lowest BCUT2D eigenvalue weighted by Gasteiger charge is -2.22. The highest BCUT2D eigenvalue weighted by Gasteiger charge is 2.32. The monoisotopic (exact) mass is 473 g/mol. The number of amides is 4. The van der Waals surface area contributed by atoms with Gasteiger partial charge < -0.3 is 26.2 Å². The molecular weight excluding hydrogens is 438 g/mol. The Labute approximate surface area is 200 Å². The second-order valence-corrected chi connectivity index (χ2v) is 8.74. The largest absolute Gasteiger partial charge is 0.347 e. The van der Waals surface area contributed by atoms with Crippen LogP contribution in [0.2, 0.25) is 0 Å². The summed E-state index contributed by atoms with van der Waals surface area (Å²) in [7, 11) is 3.16. The zero-order valence-corrected chi connectivity index (χ0v) is 20.2.